The zero-order valence-corrected chi connectivity index (χ0v) is 16.1. The van der Waals surface area contributed by atoms with Crippen molar-refractivity contribution in [2.75, 3.05) is 5.32 Å². The number of aromatic nitrogens is 2. The summed E-state index contributed by atoms with van der Waals surface area (Å²) in [5.41, 5.74) is 4.48. The number of para-hydroxylation sites is 1. The second-order valence-corrected chi connectivity index (χ2v) is 7.89. The Morgan fingerprint density at radius 2 is 1.79 bits per heavy atom. The largest absolute Gasteiger partial charge is 0.361 e. The van der Waals surface area contributed by atoms with Gasteiger partial charge in [0, 0.05) is 27.9 Å². The van der Waals surface area contributed by atoms with E-state index in [1.165, 1.54) is 0 Å². The Morgan fingerprint density at radius 3 is 2.57 bits per heavy atom. The first-order valence-electron chi connectivity index (χ1n) is 9.70. The number of halogens is 1. The highest BCUT2D eigenvalue weighted by molar-refractivity contribution is 6.30. The van der Waals surface area contributed by atoms with Crippen LogP contribution < -0.4 is 5.32 Å². The summed E-state index contributed by atoms with van der Waals surface area (Å²) in [4.78, 5) is 15.5. The maximum Gasteiger partial charge on any atom is 0.258 e. The number of H-pyrrole nitrogens is 1. The van der Waals surface area contributed by atoms with Gasteiger partial charge < -0.3 is 10.2 Å². The normalized spacial score (nSPS) is 19.5. The van der Waals surface area contributed by atoms with Gasteiger partial charge in [0.15, 0.2) is 0 Å². The number of aromatic amines is 1. The molecular weight excluding hydrogens is 372 g/mol. The van der Waals surface area contributed by atoms with Crippen LogP contribution in [0.1, 0.15) is 47.8 Å². The molecule has 2 aromatic carbocycles. The summed E-state index contributed by atoms with van der Waals surface area (Å²) in [6.45, 7) is 0. The minimum absolute atomic E-state index is 0.0921. The van der Waals surface area contributed by atoms with Gasteiger partial charge in [-0.15, -0.1) is 0 Å². The molecule has 1 aliphatic heterocycles. The Balaban J connectivity index is 1.61. The van der Waals surface area contributed by atoms with Gasteiger partial charge in [-0.25, -0.2) is 0 Å². The first kappa shape index (κ1) is 17.3. The molecule has 1 saturated carbocycles. The Kier molecular flexibility index (Phi) is 4.32. The second-order valence-electron chi connectivity index (χ2n) is 7.45. The molecule has 1 amide bonds. The van der Waals surface area contributed by atoms with Crippen molar-refractivity contribution in [3.63, 3.8) is 0 Å². The summed E-state index contributed by atoms with van der Waals surface area (Å²) >= 11 is 6.06. The van der Waals surface area contributed by atoms with Gasteiger partial charge in [0.25, 0.3) is 5.91 Å². The molecule has 6 heteroatoms. The number of nitrogens with one attached hydrogen (secondary N) is 2. The maximum absolute atomic E-state index is 13.4. The van der Waals surface area contributed by atoms with Crippen molar-refractivity contribution in [3.8, 4) is 11.3 Å². The number of amides is 1. The molecule has 0 bridgehead atoms. The van der Waals surface area contributed by atoms with E-state index in [-0.39, 0.29) is 18.1 Å². The van der Waals surface area contributed by atoms with Crippen LogP contribution in [0, 0.1) is 0 Å². The van der Waals surface area contributed by atoms with E-state index in [4.69, 9.17) is 11.6 Å². The van der Waals surface area contributed by atoms with Crippen LogP contribution in [0.25, 0.3) is 11.3 Å². The number of hydrogen-bond donors (Lipinski definition) is 2. The molecule has 0 saturated heterocycles. The van der Waals surface area contributed by atoms with E-state index >= 15 is 0 Å². The molecule has 0 spiro atoms. The highest BCUT2D eigenvalue weighted by Gasteiger charge is 2.39. The van der Waals surface area contributed by atoms with Crippen molar-refractivity contribution in [1.82, 2.24) is 15.1 Å². The third-order valence-corrected chi connectivity index (χ3v) is 6.03. The van der Waals surface area contributed by atoms with Crippen LogP contribution in [-0.4, -0.2) is 27.0 Å². The molecule has 142 valence electrons. The van der Waals surface area contributed by atoms with Gasteiger partial charge in [-0.05, 0) is 37.1 Å². The Bertz CT molecular complexity index is 1010. The fourth-order valence-electron chi connectivity index (χ4n) is 4.41. The van der Waals surface area contributed by atoms with Crippen molar-refractivity contribution in [3.05, 3.63) is 70.9 Å². The molecule has 2 aliphatic rings. The van der Waals surface area contributed by atoms with Crippen LogP contribution in [0.3, 0.4) is 0 Å². The Hall–Kier alpha value is -2.79. The van der Waals surface area contributed by atoms with Crippen LogP contribution in [0.15, 0.2) is 54.7 Å². The minimum Gasteiger partial charge on any atom is -0.361 e. The van der Waals surface area contributed by atoms with Gasteiger partial charge >= 0.3 is 0 Å². The molecule has 5 nitrogen and oxygen atoms in total. The lowest BCUT2D eigenvalue weighted by Crippen LogP contribution is -2.47. The highest BCUT2D eigenvalue weighted by Crippen LogP contribution is 2.40. The lowest BCUT2D eigenvalue weighted by Gasteiger charge is -2.41. The van der Waals surface area contributed by atoms with E-state index in [1.807, 2.05) is 59.6 Å². The molecule has 1 aliphatic carbocycles. The van der Waals surface area contributed by atoms with Gasteiger partial charge in [-0.2, -0.15) is 5.10 Å². The molecular formula is C22H21ClN4O. The van der Waals surface area contributed by atoms with Crippen molar-refractivity contribution < 1.29 is 4.79 Å². The molecule has 1 unspecified atom stereocenters. The first-order chi connectivity index (χ1) is 13.7. The van der Waals surface area contributed by atoms with Gasteiger partial charge in [-0.3, -0.25) is 9.89 Å². The monoisotopic (exact) mass is 392 g/mol. The molecule has 1 aromatic heterocycles. The maximum atomic E-state index is 13.4. The smallest absolute Gasteiger partial charge is 0.258 e. The van der Waals surface area contributed by atoms with Gasteiger partial charge in [0.1, 0.15) is 6.17 Å². The van der Waals surface area contributed by atoms with E-state index in [1.54, 1.807) is 0 Å². The van der Waals surface area contributed by atoms with Crippen molar-refractivity contribution in [2.24, 2.45) is 0 Å². The Morgan fingerprint density at radius 1 is 1.04 bits per heavy atom. The summed E-state index contributed by atoms with van der Waals surface area (Å²) in [5.74, 6) is 0.0921. The average Bonchev–Trinajstić information content (AvgIpc) is 3.40. The molecule has 2 heterocycles. The molecule has 28 heavy (non-hydrogen) atoms. The summed E-state index contributed by atoms with van der Waals surface area (Å²) < 4.78 is 0. The fraction of sp³-hybridized carbons (Fsp3) is 0.273. The van der Waals surface area contributed by atoms with Crippen LogP contribution in [0.2, 0.25) is 5.02 Å². The number of rotatable bonds is 3. The standard InChI is InChI=1S/C22H21ClN4O/c23-15-11-9-14(10-12-15)20-18(13-24-26-20)21-25-19-8-4-3-7-17(19)22(28)27(21)16-5-1-2-6-16/h3-4,7-13,16,21,25H,1-2,5-6H2,(H,24,26). The lowest BCUT2D eigenvalue weighted by molar-refractivity contribution is 0.0585. The van der Waals surface area contributed by atoms with Crippen LogP contribution in [0.4, 0.5) is 5.69 Å². The third kappa shape index (κ3) is 2.87. The molecule has 0 radical (unpaired) electrons. The fourth-order valence-corrected chi connectivity index (χ4v) is 4.53. The summed E-state index contributed by atoms with van der Waals surface area (Å²) in [5, 5.41) is 11.7. The number of benzene rings is 2. The van der Waals surface area contributed by atoms with E-state index in [9.17, 15) is 4.79 Å². The highest BCUT2D eigenvalue weighted by atomic mass is 35.5. The molecule has 5 rings (SSSR count). The van der Waals surface area contributed by atoms with E-state index in [0.717, 1.165) is 53.8 Å². The van der Waals surface area contributed by atoms with Gasteiger partial charge in [-0.1, -0.05) is 48.7 Å². The van der Waals surface area contributed by atoms with E-state index in [0.29, 0.717) is 5.02 Å². The predicted molar refractivity (Wildman–Crippen MR) is 110 cm³/mol. The molecule has 3 aromatic rings. The van der Waals surface area contributed by atoms with E-state index < -0.39 is 0 Å². The SMILES string of the molecule is O=C1c2ccccc2NC(c2cn[nH]c2-c2ccc(Cl)cc2)N1C1CCCC1. The van der Waals surface area contributed by atoms with E-state index in [2.05, 4.69) is 15.5 Å². The number of nitrogens with zero attached hydrogens (tertiary/aromatic N) is 2. The van der Waals surface area contributed by atoms with Crippen LogP contribution >= 0.6 is 11.6 Å². The zero-order chi connectivity index (χ0) is 19.1. The quantitative estimate of drug-likeness (QED) is 0.640. The Labute approximate surface area is 168 Å². The van der Waals surface area contributed by atoms with Gasteiger partial charge in [0.2, 0.25) is 0 Å². The van der Waals surface area contributed by atoms with Crippen molar-refractivity contribution in [2.45, 2.75) is 37.9 Å². The number of carbonyl (C=O) groups is 1. The van der Waals surface area contributed by atoms with Crippen molar-refractivity contribution >= 4 is 23.2 Å². The second kappa shape index (κ2) is 6.99. The molecule has 1 fully saturated rings. The molecule has 1 atom stereocenters. The minimum atomic E-state index is -0.255. The number of fused-ring (bicyclic) bond motifs is 1. The van der Waals surface area contributed by atoms with Crippen LogP contribution in [-0.2, 0) is 0 Å². The number of carbonyl (C=O) groups excluding carboxylic acids is 1. The summed E-state index contributed by atoms with van der Waals surface area (Å²) in [7, 11) is 0. The summed E-state index contributed by atoms with van der Waals surface area (Å²) in [6, 6.07) is 15.7. The third-order valence-electron chi connectivity index (χ3n) is 5.78. The van der Waals surface area contributed by atoms with Gasteiger partial charge in [0.05, 0.1) is 17.5 Å². The van der Waals surface area contributed by atoms with Crippen molar-refractivity contribution in [1.29, 1.82) is 0 Å². The topological polar surface area (TPSA) is 61.0 Å². The zero-order valence-electron chi connectivity index (χ0n) is 15.4. The average molecular weight is 393 g/mol. The summed E-state index contributed by atoms with van der Waals surface area (Å²) in [6.07, 6.45) is 5.98. The predicted octanol–water partition coefficient (Wildman–Crippen LogP) is 5.24. The number of hydrogen-bond acceptors (Lipinski definition) is 3. The number of anilines is 1. The molecule has 2 N–H and O–H groups in total. The lowest BCUT2D eigenvalue weighted by atomic mass is 9.99. The first-order valence-corrected chi connectivity index (χ1v) is 10.1. The van der Waals surface area contributed by atoms with Crippen LogP contribution in [0.5, 0.6) is 0 Å².